The van der Waals surface area contributed by atoms with Crippen molar-refractivity contribution in [2.45, 2.75) is 12.5 Å². The molecule has 2 aromatic carbocycles. The van der Waals surface area contributed by atoms with Crippen molar-refractivity contribution in [1.82, 2.24) is 24.9 Å². The summed E-state index contributed by atoms with van der Waals surface area (Å²) in [6.07, 6.45) is 8.67. The van der Waals surface area contributed by atoms with E-state index in [1.165, 1.54) is 12.1 Å². The molecule has 186 valence electrons. The Kier molecular flexibility index (Phi) is 8.04. The predicted octanol–water partition coefficient (Wildman–Crippen LogP) is 3.29. The molecule has 10 nitrogen and oxygen atoms in total. The first-order valence-electron chi connectivity index (χ1n) is 11.4. The smallest absolute Gasteiger partial charge is 0.255 e. The molecule has 1 atom stereocenters. The highest BCUT2D eigenvalue weighted by atomic mass is 19.1. The highest BCUT2D eigenvalue weighted by molar-refractivity contribution is 6.04. The van der Waals surface area contributed by atoms with E-state index in [-0.39, 0.29) is 11.6 Å². The van der Waals surface area contributed by atoms with Gasteiger partial charge < -0.3 is 21.3 Å². The number of carbonyl (C=O) groups excluding carboxylic acids is 2. The summed E-state index contributed by atoms with van der Waals surface area (Å²) in [5.41, 5.74) is 3.21. The zero-order chi connectivity index (χ0) is 25.3. The van der Waals surface area contributed by atoms with Crippen LogP contribution in [0.3, 0.4) is 0 Å². The van der Waals surface area contributed by atoms with E-state index in [9.17, 15) is 14.0 Å². The van der Waals surface area contributed by atoms with Crippen LogP contribution in [0.1, 0.15) is 22.8 Å². The maximum absolute atomic E-state index is 12.6. The standard InChI is InChI=1S/C18H21N7O.C7H6FNO/c1-19-14-8-21-24(11-14)16-4-2-3-13(7-16)18(26)23-15-9-22-25(12-15)17-5-6-20-10-17;8-6-3-1-2-4-7(6)9-5-10/h2-4,7-9,11-12,17,19-20H,5-6,10H2,1H3,(H,23,26);1-5H,(H,9,10). The van der Waals surface area contributed by atoms with Gasteiger partial charge in [-0.15, -0.1) is 0 Å². The number of nitrogens with zero attached hydrogens (tertiary/aromatic N) is 4. The molecule has 1 aliphatic heterocycles. The van der Waals surface area contributed by atoms with Gasteiger partial charge in [-0.1, -0.05) is 18.2 Å². The van der Waals surface area contributed by atoms with E-state index in [0.717, 1.165) is 30.9 Å². The van der Waals surface area contributed by atoms with Gasteiger partial charge in [0.15, 0.2) is 0 Å². The summed E-state index contributed by atoms with van der Waals surface area (Å²) < 4.78 is 16.2. The van der Waals surface area contributed by atoms with Crippen LogP contribution in [0.15, 0.2) is 73.3 Å². The van der Waals surface area contributed by atoms with Gasteiger partial charge in [-0.2, -0.15) is 10.2 Å². The molecule has 4 N–H and O–H groups in total. The second-order valence-corrected chi connectivity index (χ2v) is 8.03. The minimum Gasteiger partial charge on any atom is -0.386 e. The van der Waals surface area contributed by atoms with E-state index in [1.807, 2.05) is 42.3 Å². The summed E-state index contributed by atoms with van der Waals surface area (Å²) in [4.78, 5) is 22.4. The van der Waals surface area contributed by atoms with Crippen molar-refractivity contribution in [3.05, 3.63) is 84.7 Å². The fraction of sp³-hybridized carbons (Fsp3) is 0.200. The van der Waals surface area contributed by atoms with Crippen LogP contribution >= 0.6 is 0 Å². The van der Waals surface area contributed by atoms with Crippen LogP contribution in [-0.2, 0) is 4.79 Å². The monoisotopic (exact) mass is 490 g/mol. The summed E-state index contributed by atoms with van der Waals surface area (Å²) in [6.45, 7) is 1.91. The number of para-hydroxylation sites is 1. The van der Waals surface area contributed by atoms with Gasteiger partial charge in [0.25, 0.3) is 5.91 Å². The third-order valence-corrected chi connectivity index (χ3v) is 5.60. The first kappa shape index (κ1) is 24.6. The van der Waals surface area contributed by atoms with Gasteiger partial charge in [0.1, 0.15) is 5.82 Å². The highest BCUT2D eigenvalue weighted by Gasteiger charge is 2.17. The first-order chi connectivity index (χ1) is 17.6. The number of nitrogens with one attached hydrogen (secondary N) is 4. The van der Waals surface area contributed by atoms with Crippen molar-refractivity contribution in [3.63, 3.8) is 0 Å². The molecule has 1 aliphatic rings. The number of amides is 2. The topological polar surface area (TPSA) is 118 Å². The number of halogens is 1. The molecule has 0 radical (unpaired) electrons. The van der Waals surface area contributed by atoms with E-state index < -0.39 is 5.82 Å². The first-order valence-corrected chi connectivity index (χ1v) is 11.4. The van der Waals surface area contributed by atoms with E-state index in [4.69, 9.17) is 0 Å². The molecule has 0 saturated carbocycles. The van der Waals surface area contributed by atoms with Gasteiger partial charge in [0.05, 0.1) is 47.4 Å². The summed E-state index contributed by atoms with van der Waals surface area (Å²) >= 11 is 0. The zero-order valence-corrected chi connectivity index (χ0v) is 19.7. The molecule has 1 unspecified atom stereocenters. The molecule has 0 aliphatic carbocycles. The predicted molar refractivity (Wildman–Crippen MR) is 136 cm³/mol. The maximum atomic E-state index is 12.6. The molecule has 0 bridgehead atoms. The maximum Gasteiger partial charge on any atom is 0.255 e. The summed E-state index contributed by atoms with van der Waals surface area (Å²) in [5, 5.41) is 20.1. The van der Waals surface area contributed by atoms with Crippen molar-refractivity contribution in [2.24, 2.45) is 0 Å². The van der Waals surface area contributed by atoms with E-state index in [0.29, 0.717) is 23.7 Å². The number of anilines is 3. The molecule has 11 heteroatoms. The van der Waals surface area contributed by atoms with Crippen molar-refractivity contribution in [2.75, 3.05) is 36.1 Å². The van der Waals surface area contributed by atoms with Crippen LogP contribution in [0.4, 0.5) is 21.5 Å². The fourth-order valence-electron chi connectivity index (χ4n) is 3.70. The molecular formula is C25H27FN8O2. The third kappa shape index (κ3) is 6.13. The molecule has 5 rings (SSSR count). The SMILES string of the molecule is CNc1cnn(-c2cccc(C(=O)Nc3cnn(C4CCNC4)c3)c2)c1.O=CNc1ccccc1F. The van der Waals surface area contributed by atoms with Crippen LogP contribution in [0.5, 0.6) is 0 Å². The zero-order valence-electron chi connectivity index (χ0n) is 19.7. The van der Waals surface area contributed by atoms with Crippen LogP contribution < -0.4 is 21.3 Å². The van der Waals surface area contributed by atoms with Crippen molar-refractivity contribution >= 4 is 29.4 Å². The Balaban J connectivity index is 0.000000256. The van der Waals surface area contributed by atoms with Gasteiger partial charge in [0.2, 0.25) is 6.41 Å². The lowest BCUT2D eigenvalue weighted by Crippen LogP contribution is -2.14. The number of rotatable bonds is 7. The largest absolute Gasteiger partial charge is 0.386 e. The van der Waals surface area contributed by atoms with E-state index in [2.05, 4.69) is 31.5 Å². The van der Waals surface area contributed by atoms with E-state index in [1.54, 1.807) is 35.3 Å². The minimum atomic E-state index is -0.422. The van der Waals surface area contributed by atoms with E-state index >= 15 is 0 Å². The summed E-state index contributed by atoms with van der Waals surface area (Å²) in [5.74, 6) is -0.591. The molecule has 0 spiro atoms. The van der Waals surface area contributed by atoms with Gasteiger partial charge in [0, 0.05) is 25.4 Å². The molecule has 4 aromatic rings. The Labute approximate surface area is 207 Å². The van der Waals surface area contributed by atoms with Gasteiger partial charge in [-0.3, -0.25) is 14.3 Å². The Morgan fingerprint density at radius 3 is 2.67 bits per heavy atom. The number of benzene rings is 2. The lowest BCUT2D eigenvalue weighted by molar-refractivity contribution is -0.105. The van der Waals surface area contributed by atoms with Crippen LogP contribution in [-0.4, -0.2) is 52.0 Å². The molecule has 3 heterocycles. The Morgan fingerprint density at radius 1 is 1.11 bits per heavy atom. The van der Waals surface area contributed by atoms with Crippen molar-refractivity contribution in [1.29, 1.82) is 0 Å². The fourth-order valence-corrected chi connectivity index (χ4v) is 3.70. The minimum absolute atomic E-state index is 0.169. The van der Waals surface area contributed by atoms with Gasteiger partial charge in [-0.05, 0) is 43.3 Å². The molecule has 1 fully saturated rings. The lowest BCUT2D eigenvalue weighted by atomic mass is 10.2. The average molecular weight is 491 g/mol. The van der Waals surface area contributed by atoms with Gasteiger partial charge >= 0.3 is 0 Å². The number of carbonyl (C=O) groups is 2. The summed E-state index contributed by atoms with van der Waals surface area (Å²) in [6, 6.07) is 13.7. The molecular weight excluding hydrogens is 463 g/mol. The summed E-state index contributed by atoms with van der Waals surface area (Å²) in [7, 11) is 1.84. The number of aromatic nitrogens is 4. The highest BCUT2D eigenvalue weighted by Crippen LogP contribution is 2.18. The van der Waals surface area contributed by atoms with Crippen LogP contribution in [0.2, 0.25) is 0 Å². The third-order valence-electron chi connectivity index (χ3n) is 5.60. The molecule has 36 heavy (non-hydrogen) atoms. The number of hydrogen-bond acceptors (Lipinski definition) is 6. The second kappa shape index (κ2) is 11.8. The van der Waals surface area contributed by atoms with Crippen LogP contribution in [0, 0.1) is 5.82 Å². The molecule has 2 aromatic heterocycles. The Bertz CT molecular complexity index is 1310. The second-order valence-electron chi connectivity index (χ2n) is 8.03. The lowest BCUT2D eigenvalue weighted by Gasteiger charge is -2.08. The molecule has 2 amide bonds. The van der Waals surface area contributed by atoms with Crippen LogP contribution in [0.25, 0.3) is 5.69 Å². The quantitative estimate of drug-likeness (QED) is 0.295. The normalized spacial score (nSPS) is 14.4. The van der Waals surface area contributed by atoms with Gasteiger partial charge in [-0.25, -0.2) is 9.07 Å². The number of hydrogen-bond donors (Lipinski definition) is 4. The average Bonchev–Trinajstić information content (AvgIpc) is 3.68. The Hall–Kier alpha value is -4.51. The molecule has 1 saturated heterocycles. The Morgan fingerprint density at radius 2 is 1.94 bits per heavy atom. The van der Waals surface area contributed by atoms with Crippen molar-refractivity contribution in [3.8, 4) is 5.69 Å². The van der Waals surface area contributed by atoms with Crippen molar-refractivity contribution < 1.29 is 14.0 Å².